The minimum Gasteiger partial charge on any atom is -0.507 e. The van der Waals surface area contributed by atoms with E-state index < -0.39 is 17.7 Å². The first-order valence-corrected chi connectivity index (χ1v) is 11.7. The van der Waals surface area contributed by atoms with Gasteiger partial charge in [0.25, 0.3) is 11.7 Å². The van der Waals surface area contributed by atoms with Crippen LogP contribution in [0.5, 0.6) is 5.75 Å². The van der Waals surface area contributed by atoms with Gasteiger partial charge in [-0.3, -0.25) is 9.59 Å². The third-order valence-electron chi connectivity index (χ3n) is 6.39. The summed E-state index contributed by atoms with van der Waals surface area (Å²) in [5.41, 5.74) is 3.44. The lowest BCUT2D eigenvalue weighted by Gasteiger charge is -2.25. The molecule has 1 atom stereocenters. The van der Waals surface area contributed by atoms with E-state index in [-0.39, 0.29) is 11.3 Å². The van der Waals surface area contributed by atoms with Gasteiger partial charge in [-0.15, -0.1) is 0 Å². The van der Waals surface area contributed by atoms with Crippen molar-refractivity contribution in [1.82, 2.24) is 9.88 Å². The van der Waals surface area contributed by atoms with Crippen LogP contribution in [0.3, 0.4) is 0 Å². The SMILES string of the molecule is CCOc1ccc(C(O)=C2C(=O)C(=O)N(CCc3c[nH]c4ccccc34)C2c2ccccc2)cc1. The van der Waals surface area contributed by atoms with Crippen LogP contribution in [-0.4, -0.2) is 39.8 Å². The number of ether oxygens (including phenoxy) is 1. The van der Waals surface area contributed by atoms with E-state index in [1.54, 1.807) is 29.2 Å². The summed E-state index contributed by atoms with van der Waals surface area (Å²) < 4.78 is 5.48. The summed E-state index contributed by atoms with van der Waals surface area (Å²) in [6.45, 7) is 2.76. The van der Waals surface area contributed by atoms with Crippen LogP contribution >= 0.6 is 0 Å². The van der Waals surface area contributed by atoms with Crippen LogP contribution in [0.15, 0.2) is 90.6 Å². The van der Waals surface area contributed by atoms with Crippen molar-refractivity contribution in [3.05, 3.63) is 107 Å². The summed E-state index contributed by atoms with van der Waals surface area (Å²) in [7, 11) is 0. The fourth-order valence-corrected chi connectivity index (χ4v) is 4.70. The Morgan fingerprint density at radius 2 is 1.69 bits per heavy atom. The average molecular weight is 467 g/mol. The van der Waals surface area contributed by atoms with Crippen LogP contribution < -0.4 is 4.74 Å². The number of aromatic amines is 1. The van der Waals surface area contributed by atoms with Gasteiger partial charge in [0.15, 0.2) is 0 Å². The number of carbonyl (C=O) groups is 2. The average Bonchev–Trinajstić information content (AvgIpc) is 3.42. The lowest BCUT2D eigenvalue weighted by atomic mass is 9.95. The van der Waals surface area contributed by atoms with Gasteiger partial charge in [-0.1, -0.05) is 48.5 Å². The molecule has 2 N–H and O–H groups in total. The first-order chi connectivity index (χ1) is 17.1. The molecule has 5 rings (SSSR count). The molecule has 0 saturated carbocycles. The van der Waals surface area contributed by atoms with Crippen molar-refractivity contribution in [2.75, 3.05) is 13.2 Å². The molecule has 2 heterocycles. The Labute approximate surface area is 203 Å². The van der Waals surface area contributed by atoms with E-state index >= 15 is 0 Å². The molecule has 3 aromatic carbocycles. The molecule has 0 aliphatic carbocycles. The number of nitrogens with one attached hydrogen (secondary N) is 1. The van der Waals surface area contributed by atoms with Gasteiger partial charge in [0, 0.05) is 29.2 Å². The third kappa shape index (κ3) is 4.19. The number of likely N-dealkylation sites (tertiary alicyclic amines) is 1. The summed E-state index contributed by atoms with van der Waals surface area (Å²) in [5.74, 6) is -0.798. The molecule has 1 amide bonds. The molecule has 1 unspecified atom stereocenters. The summed E-state index contributed by atoms with van der Waals surface area (Å²) in [4.78, 5) is 31.2. The Morgan fingerprint density at radius 3 is 2.43 bits per heavy atom. The molecular weight excluding hydrogens is 440 g/mol. The van der Waals surface area contributed by atoms with E-state index in [9.17, 15) is 14.7 Å². The van der Waals surface area contributed by atoms with Gasteiger partial charge in [0.05, 0.1) is 18.2 Å². The molecule has 6 heteroatoms. The van der Waals surface area contributed by atoms with E-state index in [0.29, 0.717) is 30.9 Å². The first kappa shape index (κ1) is 22.5. The first-order valence-electron chi connectivity index (χ1n) is 11.7. The quantitative estimate of drug-likeness (QED) is 0.222. The molecule has 1 aromatic heterocycles. The molecule has 176 valence electrons. The van der Waals surface area contributed by atoms with Crippen LogP contribution in [-0.2, 0) is 16.0 Å². The highest BCUT2D eigenvalue weighted by atomic mass is 16.5. The lowest BCUT2D eigenvalue weighted by molar-refractivity contribution is -0.139. The van der Waals surface area contributed by atoms with E-state index in [4.69, 9.17) is 4.74 Å². The fourth-order valence-electron chi connectivity index (χ4n) is 4.70. The number of Topliss-reactive ketones (excluding diaryl/α,β-unsaturated/α-hetero) is 1. The van der Waals surface area contributed by atoms with Crippen molar-refractivity contribution in [2.45, 2.75) is 19.4 Å². The predicted molar refractivity (Wildman–Crippen MR) is 135 cm³/mol. The zero-order valence-electron chi connectivity index (χ0n) is 19.4. The number of fused-ring (bicyclic) bond motifs is 1. The zero-order chi connectivity index (χ0) is 24.4. The summed E-state index contributed by atoms with van der Waals surface area (Å²) in [5, 5.41) is 12.3. The summed E-state index contributed by atoms with van der Waals surface area (Å²) >= 11 is 0. The molecule has 0 bridgehead atoms. The van der Waals surface area contributed by atoms with Crippen LogP contribution in [0.4, 0.5) is 0 Å². The summed E-state index contributed by atoms with van der Waals surface area (Å²) in [6, 6.07) is 23.6. The normalized spacial score (nSPS) is 17.3. The minimum atomic E-state index is -0.677. The number of hydrogen-bond acceptors (Lipinski definition) is 4. The molecular formula is C29H26N2O4. The smallest absolute Gasteiger partial charge is 0.295 e. The fraction of sp³-hybridized carbons (Fsp3) is 0.172. The second-order valence-electron chi connectivity index (χ2n) is 8.47. The van der Waals surface area contributed by atoms with Gasteiger partial charge in [-0.05, 0) is 54.8 Å². The van der Waals surface area contributed by atoms with Gasteiger partial charge in [0.1, 0.15) is 11.5 Å². The number of para-hydroxylation sites is 1. The van der Waals surface area contributed by atoms with Crippen molar-refractivity contribution in [1.29, 1.82) is 0 Å². The highest BCUT2D eigenvalue weighted by Gasteiger charge is 2.45. The van der Waals surface area contributed by atoms with Crippen molar-refractivity contribution in [3.8, 4) is 5.75 Å². The second-order valence-corrected chi connectivity index (χ2v) is 8.47. The van der Waals surface area contributed by atoms with Gasteiger partial charge in [-0.25, -0.2) is 0 Å². The number of ketones is 1. The molecule has 0 spiro atoms. The molecule has 1 saturated heterocycles. The molecule has 0 radical (unpaired) electrons. The number of rotatable bonds is 7. The number of amides is 1. The van der Waals surface area contributed by atoms with Crippen LogP contribution in [0.25, 0.3) is 16.7 Å². The predicted octanol–water partition coefficient (Wildman–Crippen LogP) is 5.23. The summed E-state index contributed by atoms with van der Waals surface area (Å²) in [6.07, 6.45) is 2.52. The highest BCUT2D eigenvalue weighted by molar-refractivity contribution is 6.46. The number of nitrogens with zero attached hydrogens (tertiary/aromatic N) is 1. The number of H-pyrrole nitrogens is 1. The number of hydrogen-bond donors (Lipinski definition) is 2. The van der Waals surface area contributed by atoms with Crippen molar-refractivity contribution >= 4 is 28.4 Å². The standard InChI is InChI=1S/C29H26N2O4/c1-2-35-22-14-12-20(13-15-22)27(32)25-26(19-8-4-3-5-9-19)31(29(34)28(25)33)17-16-21-18-30-24-11-7-6-10-23(21)24/h3-15,18,26,30,32H,2,16-17H2,1H3. The third-order valence-corrected chi connectivity index (χ3v) is 6.39. The van der Waals surface area contributed by atoms with Crippen LogP contribution in [0, 0.1) is 0 Å². The van der Waals surface area contributed by atoms with E-state index in [1.807, 2.05) is 67.7 Å². The van der Waals surface area contributed by atoms with Crippen molar-refractivity contribution < 1.29 is 19.4 Å². The Hall–Kier alpha value is -4.32. The second kappa shape index (κ2) is 9.50. The van der Waals surface area contributed by atoms with Crippen LogP contribution in [0.1, 0.15) is 29.7 Å². The van der Waals surface area contributed by atoms with Crippen molar-refractivity contribution in [2.24, 2.45) is 0 Å². The largest absolute Gasteiger partial charge is 0.507 e. The number of aromatic nitrogens is 1. The van der Waals surface area contributed by atoms with Gasteiger partial charge in [-0.2, -0.15) is 0 Å². The highest BCUT2D eigenvalue weighted by Crippen LogP contribution is 2.39. The van der Waals surface area contributed by atoms with Crippen LogP contribution in [0.2, 0.25) is 0 Å². The molecule has 1 aliphatic heterocycles. The molecule has 1 aliphatic rings. The zero-order valence-corrected chi connectivity index (χ0v) is 19.4. The van der Waals surface area contributed by atoms with Gasteiger partial charge < -0.3 is 19.7 Å². The van der Waals surface area contributed by atoms with Gasteiger partial charge >= 0.3 is 0 Å². The van der Waals surface area contributed by atoms with E-state index in [2.05, 4.69) is 4.98 Å². The Balaban J connectivity index is 1.52. The molecule has 35 heavy (non-hydrogen) atoms. The maximum Gasteiger partial charge on any atom is 0.295 e. The lowest BCUT2D eigenvalue weighted by Crippen LogP contribution is -2.31. The number of carbonyl (C=O) groups excluding carboxylic acids is 2. The molecule has 4 aromatic rings. The van der Waals surface area contributed by atoms with E-state index in [1.165, 1.54) is 0 Å². The monoisotopic (exact) mass is 466 g/mol. The maximum absolute atomic E-state index is 13.2. The topological polar surface area (TPSA) is 82.6 Å². The van der Waals surface area contributed by atoms with E-state index in [0.717, 1.165) is 22.0 Å². The number of benzene rings is 3. The Bertz CT molecular complexity index is 1400. The number of aliphatic hydroxyl groups is 1. The van der Waals surface area contributed by atoms with Crippen molar-refractivity contribution in [3.63, 3.8) is 0 Å². The van der Waals surface area contributed by atoms with Gasteiger partial charge in [0.2, 0.25) is 0 Å². The minimum absolute atomic E-state index is 0.101. The Kier molecular flexibility index (Phi) is 6.10. The molecule has 6 nitrogen and oxygen atoms in total. The Morgan fingerprint density at radius 1 is 0.971 bits per heavy atom. The molecule has 1 fully saturated rings. The maximum atomic E-state index is 13.2. The number of aliphatic hydroxyl groups excluding tert-OH is 1.